The number of hydrogen-bond donors (Lipinski definition) is 1. The lowest BCUT2D eigenvalue weighted by molar-refractivity contribution is 0.931. The van der Waals surface area contributed by atoms with Gasteiger partial charge in [-0.25, -0.2) is 0 Å². The Hall–Kier alpha value is -0.790. The summed E-state index contributed by atoms with van der Waals surface area (Å²) < 4.78 is 0. The van der Waals surface area contributed by atoms with E-state index in [1.165, 1.54) is 0 Å². The molecule has 1 aromatic carbocycles. The van der Waals surface area contributed by atoms with Crippen molar-refractivity contribution >= 4 is 17.7 Å². The van der Waals surface area contributed by atoms with Gasteiger partial charge in [0.1, 0.15) is 0 Å². The molecular formula is C10H12ClN. The van der Waals surface area contributed by atoms with E-state index < -0.39 is 0 Å². The molecule has 1 atom stereocenters. The van der Waals surface area contributed by atoms with E-state index >= 15 is 0 Å². The van der Waals surface area contributed by atoms with Crippen molar-refractivity contribution in [3.63, 3.8) is 0 Å². The normalized spacial score (nSPS) is 13.6. The highest BCUT2D eigenvalue weighted by Crippen LogP contribution is 2.10. The summed E-state index contributed by atoms with van der Waals surface area (Å²) >= 11 is 5.73. The molecule has 0 aliphatic rings. The Kier molecular flexibility index (Phi) is 3.32. The number of nitrogens with two attached hydrogens (primary N) is 1. The lowest BCUT2D eigenvalue weighted by Gasteiger charge is -1.95. The molecule has 0 saturated heterocycles. The zero-order valence-corrected chi connectivity index (χ0v) is 7.75. The number of hydrogen-bond acceptors (Lipinski definition) is 1. The van der Waals surface area contributed by atoms with Crippen molar-refractivity contribution in [1.82, 2.24) is 0 Å². The molecule has 0 heterocycles. The molecule has 1 nitrogen and oxygen atoms in total. The van der Waals surface area contributed by atoms with Crippen molar-refractivity contribution in [2.75, 3.05) is 0 Å². The fourth-order valence-electron chi connectivity index (χ4n) is 0.837. The van der Waals surface area contributed by atoms with Gasteiger partial charge in [-0.3, -0.25) is 0 Å². The second-order valence-electron chi connectivity index (χ2n) is 2.77. The first kappa shape index (κ1) is 9.30. The molecule has 0 aromatic heterocycles. The minimum atomic E-state index is 0.0979. The largest absolute Gasteiger partial charge is 0.325 e. The monoisotopic (exact) mass is 181 g/mol. The lowest BCUT2D eigenvalue weighted by Crippen LogP contribution is -2.09. The maximum atomic E-state index is 5.73. The second-order valence-corrected chi connectivity index (χ2v) is 3.21. The average molecular weight is 182 g/mol. The Morgan fingerprint density at radius 3 is 2.42 bits per heavy atom. The van der Waals surface area contributed by atoms with Gasteiger partial charge in [-0.1, -0.05) is 35.9 Å². The Balaban J connectivity index is 2.71. The van der Waals surface area contributed by atoms with Crippen LogP contribution in [-0.4, -0.2) is 6.04 Å². The van der Waals surface area contributed by atoms with Crippen molar-refractivity contribution < 1.29 is 0 Å². The van der Waals surface area contributed by atoms with Gasteiger partial charge in [0, 0.05) is 11.1 Å². The molecule has 2 heteroatoms. The van der Waals surface area contributed by atoms with Gasteiger partial charge in [-0.15, -0.1) is 0 Å². The predicted molar refractivity (Wildman–Crippen MR) is 54.1 cm³/mol. The Bertz CT molecular complexity index is 262. The van der Waals surface area contributed by atoms with E-state index in [1.807, 2.05) is 43.3 Å². The number of halogens is 1. The molecule has 0 aliphatic carbocycles. The molecule has 0 spiro atoms. The van der Waals surface area contributed by atoms with Crippen LogP contribution in [0.3, 0.4) is 0 Å². The molecule has 12 heavy (non-hydrogen) atoms. The first-order valence-electron chi connectivity index (χ1n) is 3.88. The molecule has 1 rings (SSSR count). The van der Waals surface area contributed by atoms with Crippen LogP contribution in [0.25, 0.3) is 6.08 Å². The number of benzene rings is 1. The van der Waals surface area contributed by atoms with E-state index in [0.29, 0.717) is 0 Å². The molecule has 2 N–H and O–H groups in total. The quantitative estimate of drug-likeness (QED) is 0.746. The molecule has 0 fully saturated rings. The second kappa shape index (κ2) is 4.29. The first-order valence-corrected chi connectivity index (χ1v) is 4.25. The van der Waals surface area contributed by atoms with Crippen molar-refractivity contribution in [3.05, 3.63) is 40.9 Å². The van der Waals surface area contributed by atoms with Crippen LogP contribution >= 0.6 is 11.6 Å². The van der Waals surface area contributed by atoms with Crippen LogP contribution in [-0.2, 0) is 0 Å². The highest BCUT2D eigenvalue weighted by Gasteiger charge is 1.88. The molecule has 1 unspecified atom stereocenters. The van der Waals surface area contributed by atoms with Crippen LogP contribution in [0.1, 0.15) is 12.5 Å². The zero-order valence-electron chi connectivity index (χ0n) is 7.00. The Labute approximate surface area is 77.8 Å². The van der Waals surface area contributed by atoms with Gasteiger partial charge in [0.15, 0.2) is 0 Å². The maximum absolute atomic E-state index is 5.73. The topological polar surface area (TPSA) is 26.0 Å². The molecular weight excluding hydrogens is 170 g/mol. The highest BCUT2D eigenvalue weighted by molar-refractivity contribution is 6.30. The van der Waals surface area contributed by atoms with Crippen molar-refractivity contribution in [2.45, 2.75) is 13.0 Å². The fourth-order valence-corrected chi connectivity index (χ4v) is 0.963. The minimum absolute atomic E-state index is 0.0979. The summed E-state index contributed by atoms with van der Waals surface area (Å²) in [6.45, 7) is 1.94. The standard InChI is InChI=1S/C10H12ClN/c1-8(12)2-3-9-4-6-10(11)7-5-9/h2-8H,12H2,1H3/b3-2-. The van der Waals surface area contributed by atoms with Gasteiger partial charge in [0.25, 0.3) is 0 Å². The Morgan fingerprint density at radius 2 is 1.92 bits per heavy atom. The van der Waals surface area contributed by atoms with Crippen LogP contribution < -0.4 is 5.73 Å². The van der Waals surface area contributed by atoms with Gasteiger partial charge < -0.3 is 5.73 Å². The van der Waals surface area contributed by atoms with E-state index in [-0.39, 0.29) is 6.04 Å². The summed E-state index contributed by atoms with van der Waals surface area (Å²) in [7, 11) is 0. The van der Waals surface area contributed by atoms with E-state index in [0.717, 1.165) is 10.6 Å². The van der Waals surface area contributed by atoms with Crippen LogP contribution in [0, 0.1) is 0 Å². The lowest BCUT2D eigenvalue weighted by atomic mass is 10.2. The third-order valence-corrected chi connectivity index (χ3v) is 1.71. The fraction of sp³-hybridized carbons (Fsp3) is 0.200. The van der Waals surface area contributed by atoms with E-state index in [2.05, 4.69) is 0 Å². The van der Waals surface area contributed by atoms with Gasteiger partial charge in [0.05, 0.1) is 0 Å². The van der Waals surface area contributed by atoms with E-state index in [1.54, 1.807) is 0 Å². The van der Waals surface area contributed by atoms with E-state index in [4.69, 9.17) is 17.3 Å². The maximum Gasteiger partial charge on any atom is 0.0406 e. The summed E-state index contributed by atoms with van der Waals surface area (Å²) in [6, 6.07) is 7.74. The van der Waals surface area contributed by atoms with Crippen LogP contribution in [0.5, 0.6) is 0 Å². The molecule has 0 amide bonds. The van der Waals surface area contributed by atoms with Gasteiger partial charge in [0.2, 0.25) is 0 Å². The van der Waals surface area contributed by atoms with Gasteiger partial charge >= 0.3 is 0 Å². The van der Waals surface area contributed by atoms with Gasteiger partial charge in [-0.2, -0.15) is 0 Å². The summed E-state index contributed by atoms with van der Waals surface area (Å²) in [5.74, 6) is 0. The predicted octanol–water partition coefficient (Wildman–Crippen LogP) is 2.70. The highest BCUT2D eigenvalue weighted by atomic mass is 35.5. The SMILES string of the molecule is CC(N)/C=C\c1ccc(Cl)cc1. The van der Waals surface area contributed by atoms with Crippen molar-refractivity contribution in [2.24, 2.45) is 5.73 Å². The molecule has 1 aromatic rings. The van der Waals surface area contributed by atoms with Gasteiger partial charge in [-0.05, 0) is 24.6 Å². The zero-order chi connectivity index (χ0) is 8.97. The molecule has 64 valence electrons. The molecule has 0 aliphatic heterocycles. The minimum Gasteiger partial charge on any atom is -0.325 e. The van der Waals surface area contributed by atoms with Crippen LogP contribution in [0.2, 0.25) is 5.02 Å². The average Bonchev–Trinajstić information content (AvgIpc) is 2.03. The molecule has 0 radical (unpaired) electrons. The first-order chi connectivity index (χ1) is 5.68. The third kappa shape index (κ3) is 3.07. The van der Waals surface area contributed by atoms with Crippen LogP contribution in [0.4, 0.5) is 0 Å². The summed E-state index contributed by atoms with van der Waals surface area (Å²) in [5.41, 5.74) is 6.68. The summed E-state index contributed by atoms with van der Waals surface area (Å²) in [4.78, 5) is 0. The van der Waals surface area contributed by atoms with E-state index in [9.17, 15) is 0 Å². The number of rotatable bonds is 2. The molecule has 0 bridgehead atoms. The molecule has 0 saturated carbocycles. The summed E-state index contributed by atoms with van der Waals surface area (Å²) in [5, 5.41) is 0.757. The third-order valence-electron chi connectivity index (χ3n) is 1.46. The smallest absolute Gasteiger partial charge is 0.0406 e. The Morgan fingerprint density at radius 1 is 1.33 bits per heavy atom. The summed E-state index contributed by atoms with van der Waals surface area (Å²) in [6.07, 6.45) is 3.93. The van der Waals surface area contributed by atoms with Crippen molar-refractivity contribution in [1.29, 1.82) is 0 Å². The van der Waals surface area contributed by atoms with Crippen LogP contribution in [0.15, 0.2) is 30.3 Å². The van der Waals surface area contributed by atoms with Crippen molar-refractivity contribution in [3.8, 4) is 0 Å².